The summed E-state index contributed by atoms with van der Waals surface area (Å²) in [6.07, 6.45) is 1.48. The summed E-state index contributed by atoms with van der Waals surface area (Å²) in [6, 6.07) is 10.1. The summed E-state index contributed by atoms with van der Waals surface area (Å²) in [5.41, 5.74) is 2.86. The van der Waals surface area contributed by atoms with Gasteiger partial charge in [-0.05, 0) is 24.2 Å². The quantitative estimate of drug-likeness (QED) is 0.388. The molecule has 0 fully saturated rings. The molecule has 1 aromatic rings. The zero-order valence-electron chi connectivity index (χ0n) is 11.3. The molecule has 110 valence electrons. The number of hydrogen-bond acceptors (Lipinski definition) is 5. The van der Waals surface area contributed by atoms with Crippen molar-refractivity contribution in [3.05, 3.63) is 47.0 Å². The summed E-state index contributed by atoms with van der Waals surface area (Å²) in [5, 5.41) is 0. The van der Waals surface area contributed by atoms with Crippen LogP contribution in [-0.4, -0.2) is 29.8 Å². The highest BCUT2D eigenvalue weighted by molar-refractivity contribution is 7.80. The molecule has 0 radical (unpaired) electrons. The Bertz CT molecular complexity index is 444. The zero-order chi connectivity index (χ0) is 14.8. The van der Waals surface area contributed by atoms with Crippen LogP contribution in [0.25, 0.3) is 0 Å². The molecule has 0 saturated heterocycles. The lowest BCUT2D eigenvalue weighted by Gasteiger charge is -2.13. The van der Waals surface area contributed by atoms with Gasteiger partial charge in [0.2, 0.25) is 0 Å². The lowest BCUT2D eigenvalue weighted by molar-refractivity contribution is -0.138. The average molecular weight is 329 g/mol. The SMILES string of the molecule is O=C(OCCS)C(CS)=C(CCS)Cc1ccccc1. The number of thiol groups is 3. The third-order valence-electron chi connectivity index (χ3n) is 2.83. The minimum Gasteiger partial charge on any atom is -0.461 e. The third kappa shape index (κ3) is 5.85. The monoisotopic (exact) mass is 328 g/mol. The third-order valence-corrected chi connectivity index (χ3v) is 3.55. The second kappa shape index (κ2) is 10.2. The predicted octanol–water partition coefficient (Wildman–Crippen LogP) is 3.25. The van der Waals surface area contributed by atoms with E-state index in [2.05, 4.69) is 37.9 Å². The van der Waals surface area contributed by atoms with Crippen molar-refractivity contribution in [1.29, 1.82) is 0 Å². The van der Waals surface area contributed by atoms with Gasteiger partial charge in [0.15, 0.2) is 0 Å². The molecule has 0 bridgehead atoms. The number of allylic oxidation sites excluding steroid dienone is 1. The van der Waals surface area contributed by atoms with Crippen LogP contribution in [0, 0.1) is 0 Å². The van der Waals surface area contributed by atoms with E-state index in [1.165, 1.54) is 5.56 Å². The van der Waals surface area contributed by atoms with Crippen LogP contribution in [0.4, 0.5) is 0 Å². The van der Waals surface area contributed by atoms with Gasteiger partial charge < -0.3 is 4.74 Å². The van der Waals surface area contributed by atoms with Crippen LogP contribution in [0.15, 0.2) is 41.5 Å². The summed E-state index contributed by atoms with van der Waals surface area (Å²) in [4.78, 5) is 12.1. The molecule has 0 amide bonds. The van der Waals surface area contributed by atoms with Crippen LogP contribution in [0.1, 0.15) is 12.0 Å². The van der Waals surface area contributed by atoms with Crippen LogP contribution in [0.2, 0.25) is 0 Å². The van der Waals surface area contributed by atoms with E-state index >= 15 is 0 Å². The molecular weight excluding hydrogens is 308 g/mol. The largest absolute Gasteiger partial charge is 0.461 e. The Hall–Kier alpha value is -0.520. The Morgan fingerprint density at radius 2 is 1.75 bits per heavy atom. The maximum atomic E-state index is 12.1. The van der Waals surface area contributed by atoms with Crippen molar-refractivity contribution in [2.75, 3.05) is 23.9 Å². The van der Waals surface area contributed by atoms with Crippen LogP contribution < -0.4 is 0 Å². The van der Waals surface area contributed by atoms with Gasteiger partial charge in [0.05, 0.1) is 0 Å². The molecule has 0 atom stereocenters. The first-order valence-electron chi connectivity index (χ1n) is 6.47. The lowest BCUT2D eigenvalue weighted by atomic mass is 9.98. The Labute approximate surface area is 137 Å². The molecule has 20 heavy (non-hydrogen) atoms. The van der Waals surface area contributed by atoms with Gasteiger partial charge in [0.25, 0.3) is 0 Å². The maximum absolute atomic E-state index is 12.1. The van der Waals surface area contributed by atoms with Crippen LogP contribution in [-0.2, 0) is 16.0 Å². The van der Waals surface area contributed by atoms with Gasteiger partial charge >= 0.3 is 5.97 Å². The van der Waals surface area contributed by atoms with Gasteiger partial charge in [-0.3, -0.25) is 0 Å². The highest BCUT2D eigenvalue weighted by Gasteiger charge is 2.15. The Morgan fingerprint density at radius 1 is 1.05 bits per heavy atom. The van der Waals surface area contributed by atoms with Gasteiger partial charge in [-0.2, -0.15) is 37.9 Å². The van der Waals surface area contributed by atoms with Crippen LogP contribution in [0.5, 0.6) is 0 Å². The normalized spacial score (nSPS) is 11.9. The number of rotatable bonds is 8. The summed E-state index contributed by atoms with van der Waals surface area (Å²) < 4.78 is 5.16. The molecule has 0 unspecified atom stereocenters. The molecule has 2 nitrogen and oxygen atoms in total. The Kier molecular flexibility index (Phi) is 8.98. The van der Waals surface area contributed by atoms with E-state index in [9.17, 15) is 4.79 Å². The smallest absolute Gasteiger partial charge is 0.334 e. The molecule has 0 aliphatic carbocycles. The van der Waals surface area contributed by atoms with E-state index in [1.54, 1.807) is 0 Å². The van der Waals surface area contributed by atoms with Crippen molar-refractivity contribution in [3.63, 3.8) is 0 Å². The molecule has 0 aliphatic heterocycles. The number of benzene rings is 1. The lowest BCUT2D eigenvalue weighted by Crippen LogP contribution is -2.14. The van der Waals surface area contributed by atoms with E-state index in [0.717, 1.165) is 18.4 Å². The van der Waals surface area contributed by atoms with Crippen molar-refractivity contribution in [1.82, 2.24) is 0 Å². The first kappa shape index (κ1) is 17.5. The summed E-state index contributed by atoms with van der Waals surface area (Å²) in [7, 11) is 0. The molecular formula is C15H20O2S3. The fourth-order valence-electron chi connectivity index (χ4n) is 1.87. The summed E-state index contributed by atoms with van der Waals surface area (Å²) in [6.45, 7) is 0.318. The zero-order valence-corrected chi connectivity index (χ0v) is 14.0. The van der Waals surface area contributed by atoms with Gasteiger partial charge in [0, 0.05) is 17.1 Å². The van der Waals surface area contributed by atoms with Gasteiger partial charge in [-0.15, -0.1) is 0 Å². The van der Waals surface area contributed by atoms with E-state index in [4.69, 9.17) is 4.74 Å². The Morgan fingerprint density at radius 3 is 2.30 bits per heavy atom. The van der Waals surface area contributed by atoms with Crippen molar-refractivity contribution in [2.24, 2.45) is 0 Å². The molecule has 0 spiro atoms. The standard InChI is InChI=1S/C15H20O2S3/c16-15(17-7-9-19)14(11-20)13(6-8-18)10-12-4-2-1-3-5-12/h1-5,18-20H,6-11H2. The fourth-order valence-corrected chi connectivity index (χ4v) is 2.58. The fraction of sp³-hybridized carbons (Fsp3) is 0.400. The first-order valence-corrected chi connectivity index (χ1v) is 8.37. The van der Waals surface area contributed by atoms with Gasteiger partial charge in [0.1, 0.15) is 6.61 Å². The van der Waals surface area contributed by atoms with Crippen molar-refractivity contribution in [3.8, 4) is 0 Å². The van der Waals surface area contributed by atoms with Gasteiger partial charge in [-0.1, -0.05) is 35.9 Å². The van der Waals surface area contributed by atoms with Crippen molar-refractivity contribution < 1.29 is 9.53 Å². The molecule has 1 rings (SSSR count). The first-order chi connectivity index (χ1) is 9.72. The minimum atomic E-state index is -0.290. The number of carbonyl (C=O) groups excluding carboxylic acids is 1. The van der Waals surface area contributed by atoms with Gasteiger partial charge in [-0.25, -0.2) is 4.79 Å². The van der Waals surface area contributed by atoms with E-state index in [-0.39, 0.29) is 5.97 Å². The van der Waals surface area contributed by atoms with Crippen molar-refractivity contribution in [2.45, 2.75) is 12.8 Å². The van der Waals surface area contributed by atoms with E-state index in [1.807, 2.05) is 30.3 Å². The summed E-state index contributed by atoms with van der Waals surface area (Å²) >= 11 is 12.6. The number of hydrogen-bond donors (Lipinski definition) is 3. The predicted molar refractivity (Wildman–Crippen MR) is 94.3 cm³/mol. The number of carbonyl (C=O) groups is 1. The van der Waals surface area contributed by atoms with Crippen LogP contribution >= 0.6 is 37.9 Å². The molecule has 0 saturated carbocycles. The molecule has 0 N–H and O–H groups in total. The minimum absolute atomic E-state index is 0.290. The molecule has 5 heteroatoms. The highest BCUT2D eigenvalue weighted by atomic mass is 32.1. The topological polar surface area (TPSA) is 26.3 Å². The van der Waals surface area contributed by atoms with Crippen molar-refractivity contribution >= 4 is 43.9 Å². The molecule has 0 aromatic heterocycles. The maximum Gasteiger partial charge on any atom is 0.334 e. The number of ether oxygens (including phenoxy) is 1. The molecule has 0 heterocycles. The highest BCUT2D eigenvalue weighted by Crippen LogP contribution is 2.19. The molecule has 0 aliphatic rings. The second-order valence-corrected chi connectivity index (χ2v) is 5.45. The van der Waals surface area contributed by atoms with E-state index < -0.39 is 0 Å². The van der Waals surface area contributed by atoms with E-state index in [0.29, 0.717) is 29.4 Å². The number of esters is 1. The Balaban J connectivity index is 2.93. The molecule has 1 aromatic carbocycles. The summed E-state index contributed by atoms with van der Waals surface area (Å²) in [5.74, 6) is 1.30. The average Bonchev–Trinajstić information content (AvgIpc) is 2.47. The second-order valence-electron chi connectivity index (χ2n) is 4.24. The van der Waals surface area contributed by atoms with Crippen LogP contribution in [0.3, 0.4) is 0 Å².